The Labute approximate surface area is 110 Å². The summed E-state index contributed by atoms with van der Waals surface area (Å²) in [6, 6.07) is 0. The summed E-state index contributed by atoms with van der Waals surface area (Å²) in [5, 5.41) is 0.870. The Balaban J connectivity index is 2.26. The van der Waals surface area contributed by atoms with Crippen molar-refractivity contribution >= 4 is 22.8 Å². The lowest BCUT2D eigenvalue weighted by molar-refractivity contribution is -0.122. The molecular weight excluding hydrogens is 246 g/mol. The molecule has 0 unspecified atom stereocenters. The molecule has 0 saturated carbocycles. The predicted molar refractivity (Wildman–Crippen MR) is 71.4 cm³/mol. The second-order valence-electron chi connectivity index (χ2n) is 4.34. The number of hydrogen-bond acceptors (Lipinski definition) is 5. The van der Waals surface area contributed by atoms with Crippen molar-refractivity contribution in [3.8, 4) is 0 Å². The van der Waals surface area contributed by atoms with Crippen LogP contribution in [0.25, 0.3) is 11.0 Å². The van der Waals surface area contributed by atoms with Gasteiger partial charge in [0.1, 0.15) is 24.4 Å². The average molecular weight is 263 g/mol. The van der Waals surface area contributed by atoms with Gasteiger partial charge in [-0.25, -0.2) is 9.97 Å². The normalized spacial score (nSPS) is 11.1. The molecule has 0 aliphatic rings. The van der Waals surface area contributed by atoms with E-state index in [-0.39, 0.29) is 6.61 Å². The van der Waals surface area contributed by atoms with E-state index >= 15 is 0 Å². The monoisotopic (exact) mass is 263 g/mol. The summed E-state index contributed by atoms with van der Waals surface area (Å²) in [7, 11) is 0. The van der Waals surface area contributed by atoms with E-state index in [1.54, 1.807) is 0 Å². The number of fused-ring (bicyclic) bond motifs is 1. The van der Waals surface area contributed by atoms with Gasteiger partial charge in [-0.15, -0.1) is 0 Å². The van der Waals surface area contributed by atoms with Gasteiger partial charge in [-0.1, -0.05) is 0 Å². The molecule has 19 heavy (non-hydrogen) atoms. The molecule has 0 aromatic carbocycles. The van der Waals surface area contributed by atoms with Crippen LogP contribution in [0.5, 0.6) is 0 Å². The first kappa shape index (κ1) is 13.3. The minimum absolute atomic E-state index is 0.0750. The fourth-order valence-electron chi connectivity index (χ4n) is 2.10. The summed E-state index contributed by atoms with van der Waals surface area (Å²) in [6.45, 7) is 4.87. The van der Waals surface area contributed by atoms with Gasteiger partial charge in [0.25, 0.3) is 0 Å². The van der Waals surface area contributed by atoms with E-state index in [1.807, 2.05) is 18.4 Å². The number of rotatable bonds is 5. The van der Waals surface area contributed by atoms with Gasteiger partial charge in [-0.3, -0.25) is 4.79 Å². The zero-order chi connectivity index (χ0) is 14.0. The van der Waals surface area contributed by atoms with Gasteiger partial charge in [-0.05, 0) is 19.4 Å². The van der Waals surface area contributed by atoms with Gasteiger partial charge in [0.15, 0.2) is 0 Å². The van der Waals surface area contributed by atoms with Crippen molar-refractivity contribution < 1.29 is 9.53 Å². The third-order valence-electron chi connectivity index (χ3n) is 3.14. The summed E-state index contributed by atoms with van der Waals surface area (Å²) < 4.78 is 7.18. The molecule has 0 aliphatic heterocycles. The quantitative estimate of drug-likeness (QED) is 0.745. The zero-order valence-corrected chi connectivity index (χ0v) is 11.0. The molecule has 1 amide bonds. The molecule has 0 bridgehead atoms. The van der Waals surface area contributed by atoms with Gasteiger partial charge >= 0.3 is 0 Å². The number of hydrogen-bond donors (Lipinski definition) is 2. The maximum atomic E-state index is 10.6. The number of ether oxygens (including phenoxy) is 1. The van der Waals surface area contributed by atoms with E-state index in [9.17, 15) is 4.79 Å². The fraction of sp³-hybridized carbons (Fsp3) is 0.417. The molecule has 2 heterocycles. The van der Waals surface area contributed by atoms with Gasteiger partial charge in [-0.2, -0.15) is 0 Å². The van der Waals surface area contributed by atoms with Crippen LogP contribution in [0.3, 0.4) is 0 Å². The first-order chi connectivity index (χ1) is 9.02. The molecule has 0 radical (unpaired) electrons. The van der Waals surface area contributed by atoms with E-state index in [1.165, 1.54) is 6.33 Å². The Morgan fingerprint density at radius 1 is 1.42 bits per heavy atom. The van der Waals surface area contributed by atoms with Gasteiger partial charge < -0.3 is 20.8 Å². The highest BCUT2D eigenvalue weighted by molar-refractivity contribution is 5.90. The molecule has 0 fully saturated rings. The summed E-state index contributed by atoms with van der Waals surface area (Å²) in [6.07, 6.45) is 1.44. The lowest BCUT2D eigenvalue weighted by Gasteiger charge is -2.07. The second-order valence-corrected chi connectivity index (χ2v) is 4.34. The number of nitrogens with zero attached hydrogens (tertiary/aromatic N) is 3. The third kappa shape index (κ3) is 2.50. The standard InChI is InChI=1S/C12H17N5O2/c1-7-8(2)17(3-4-19-5-9(13)18)12-10(7)11(14)15-6-16-12/h6H,3-5H2,1-2H3,(H2,13,18)(H2,14,15,16). The summed E-state index contributed by atoms with van der Waals surface area (Å²) in [4.78, 5) is 18.9. The Hall–Kier alpha value is -2.15. The molecule has 7 nitrogen and oxygen atoms in total. The molecular formula is C12H17N5O2. The highest BCUT2D eigenvalue weighted by Gasteiger charge is 2.14. The third-order valence-corrected chi connectivity index (χ3v) is 3.14. The van der Waals surface area contributed by atoms with Crippen molar-refractivity contribution in [3.05, 3.63) is 17.6 Å². The number of aryl methyl sites for hydroxylation is 1. The topological polar surface area (TPSA) is 109 Å². The molecule has 0 spiro atoms. The number of primary amides is 1. The van der Waals surface area contributed by atoms with E-state index in [0.717, 1.165) is 22.3 Å². The Bertz CT molecular complexity index is 620. The maximum absolute atomic E-state index is 10.6. The number of carbonyl (C=O) groups excluding carboxylic acids is 1. The first-order valence-electron chi connectivity index (χ1n) is 5.94. The van der Waals surface area contributed by atoms with Crippen molar-refractivity contribution in [1.29, 1.82) is 0 Å². The largest absolute Gasteiger partial charge is 0.383 e. The highest BCUT2D eigenvalue weighted by atomic mass is 16.5. The van der Waals surface area contributed by atoms with Gasteiger partial charge in [0, 0.05) is 12.2 Å². The number of carbonyl (C=O) groups is 1. The van der Waals surface area contributed by atoms with E-state index in [4.69, 9.17) is 16.2 Å². The van der Waals surface area contributed by atoms with Crippen LogP contribution in [0.1, 0.15) is 11.3 Å². The van der Waals surface area contributed by atoms with Crippen LogP contribution in [-0.4, -0.2) is 33.7 Å². The Morgan fingerprint density at radius 2 is 2.16 bits per heavy atom. The van der Waals surface area contributed by atoms with Crippen molar-refractivity contribution in [3.63, 3.8) is 0 Å². The smallest absolute Gasteiger partial charge is 0.243 e. The van der Waals surface area contributed by atoms with Gasteiger partial charge in [0.05, 0.1) is 12.0 Å². The van der Waals surface area contributed by atoms with Crippen molar-refractivity contribution in [2.24, 2.45) is 5.73 Å². The molecule has 0 atom stereocenters. The van der Waals surface area contributed by atoms with Crippen LogP contribution in [-0.2, 0) is 16.1 Å². The lowest BCUT2D eigenvalue weighted by atomic mass is 10.2. The van der Waals surface area contributed by atoms with Crippen LogP contribution in [0, 0.1) is 13.8 Å². The Morgan fingerprint density at radius 3 is 2.84 bits per heavy atom. The maximum Gasteiger partial charge on any atom is 0.243 e. The average Bonchev–Trinajstić information content (AvgIpc) is 2.60. The number of nitrogen functional groups attached to an aromatic ring is 1. The fourth-order valence-corrected chi connectivity index (χ4v) is 2.10. The Kier molecular flexibility index (Phi) is 3.66. The first-order valence-corrected chi connectivity index (χ1v) is 5.94. The van der Waals surface area contributed by atoms with Crippen molar-refractivity contribution in [1.82, 2.24) is 14.5 Å². The number of anilines is 1. The molecule has 2 aromatic rings. The lowest BCUT2D eigenvalue weighted by Crippen LogP contribution is -2.20. The summed E-state index contributed by atoms with van der Waals surface area (Å²) >= 11 is 0. The van der Waals surface area contributed by atoms with Gasteiger partial charge in [0.2, 0.25) is 5.91 Å². The SMILES string of the molecule is Cc1c(C)n(CCOCC(N)=O)c2ncnc(N)c12. The molecule has 0 saturated heterocycles. The van der Waals surface area contributed by atoms with Crippen LogP contribution in [0.15, 0.2) is 6.33 Å². The summed E-state index contributed by atoms with van der Waals surface area (Å²) in [5.74, 6) is -0.000703. The molecule has 2 rings (SSSR count). The van der Waals surface area contributed by atoms with E-state index in [2.05, 4.69) is 9.97 Å². The second kappa shape index (κ2) is 5.23. The minimum atomic E-state index is -0.475. The molecule has 2 aromatic heterocycles. The van der Waals surface area contributed by atoms with Crippen LogP contribution >= 0.6 is 0 Å². The minimum Gasteiger partial charge on any atom is -0.383 e. The zero-order valence-electron chi connectivity index (χ0n) is 11.0. The number of amides is 1. The molecule has 102 valence electrons. The predicted octanol–water partition coefficient (Wildman–Crippen LogP) is 0.132. The van der Waals surface area contributed by atoms with Crippen LogP contribution < -0.4 is 11.5 Å². The highest BCUT2D eigenvalue weighted by Crippen LogP contribution is 2.26. The number of nitrogens with two attached hydrogens (primary N) is 2. The van der Waals surface area contributed by atoms with Crippen molar-refractivity contribution in [2.45, 2.75) is 20.4 Å². The molecule has 0 aliphatic carbocycles. The number of aromatic nitrogens is 3. The van der Waals surface area contributed by atoms with E-state index in [0.29, 0.717) is 19.0 Å². The summed E-state index contributed by atoms with van der Waals surface area (Å²) in [5.41, 5.74) is 13.8. The van der Waals surface area contributed by atoms with E-state index < -0.39 is 5.91 Å². The molecule has 7 heteroatoms. The van der Waals surface area contributed by atoms with Crippen molar-refractivity contribution in [2.75, 3.05) is 18.9 Å². The van der Waals surface area contributed by atoms with Crippen LogP contribution in [0.4, 0.5) is 5.82 Å². The molecule has 4 N–H and O–H groups in total. The van der Waals surface area contributed by atoms with Crippen LogP contribution in [0.2, 0.25) is 0 Å².